The summed E-state index contributed by atoms with van der Waals surface area (Å²) in [7, 11) is 0. The van der Waals surface area contributed by atoms with Crippen molar-refractivity contribution in [3.8, 4) is 0 Å². The number of hydrogen-bond donors (Lipinski definition) is 0. The molecule has 0 aliphatic heterocycles. The molecular formula is C12H14O2Pd. The Labute approximate surface area is 104 Å². The van der Waals surface area contributed by atoms with Gasteiger partial charge in [0, 0.05) is 20.4 Å². The summed E-state index contributed by atoms with van der Waals surface area (Å²) < 4.78 is 0. The first kappa shape index (κ1) is 14.2. The van der Waals surface area contributed by atoms with Gasteiger partial charge in [0.05, 0.1) is 5.92 Å². The van der Waals surface area contributed by atoms with Crippen LogP contribution in [0.25, 0.3) is 0 Å². The van der Waals surface area contributed by atoms with Crippen LogP contribution in [0, 0.1) is 5.92 Å². The van der Waals surface area contributed by atoms with Gasteiger partial charge in [-0.1, -0.05) is 30.3 Å². The summed E-state index contributed by atoms with van der Waals surface area (Å²) in [6, 6.07) is 9.59. The van der Waals surface area contributed by atoms with Crippen molar-refractivity contribution in [1.82, 2.24) is 0 Å². The Bertz CT molecular complexity index is 319. The molecule has 0 heterocycles. The topological polar surface area (TPSA) is 34.1 Å². The summed E-state index contributed by atoms with van der Waals surface area (Å²) in [5, 5.41) is 0. The molecule has 0 unspecified atom stereocenters. The third kappa shape index (κ3) is 4.51. The molecule has 84 valence electrons. The van der Waals surface area contributed by atoms with Gasteiger partial charge >= 0.3 is 0 Å². The van der Waals surface area contributed by atoms with E-state index in [0.29, 0.717) is 6.42 Å². The largest absolute Gasteiger partial charge is 0.299 e. The monoisotopic (exact) mass is 296 g/mol. The summed E-state index contributed by atoms with van der Waals surface area (Å²) in [4.78, 5) is 22.3. The Hall–Kier alpha value is -0.778. The smallest absolute Gasteiger partial charge is 0.140 e. The molecule has 15 heavy (non-hydrogen) atoms. The molecule has 0 radical (unpaired) electrons. The van der Waals surface area contributed by atoms with Crippen LogP contribution in [0.2, 0.25) is 0 Å². The van der Waals surface area contributed by atoms with Crippen LogP contribution < -0.4 is 0 Å². The first-order chi connectivity index (χ1) is 6.61. The molecule has 0 fully saturated rings. The molecule has 1 aromatic rings. The molecule has 0 spiro atoms. The molecule has 2 nitrogen and oxygen atoms in total. The summed E-state index contributed by atoms with van der Waals surface area (Å²) in [6.07, 6.45) is 0.519. The molecular weight excluding hydrogens is 283 g/mol. The van der Waals surface area contributed by atoms with Gasteiger partial charge in [-0.15, -0.1) is 0 Å². The number of carbonyl (C=O) groups excluding carboxylic acids is 2. The summed E-state index contributed by atoms with van der Waals surface area (Å²) in [5.41, 5.74) is 1.03. The molecule has 0 aromatic heterocycles. The van der Waals surface area contributed by atoms with Gasteiger partial charge in [0.2, 0.25) is 0 Å². The van der Waals surface area contributed by atoms with Gasteiger partial charge in [0.15, 0.2) is 0 Å². The van der Waals surface area contributed by atoms with E-state index in [0.717, 1.165) is 5.56 Å². The van der Waals surface area contributed by atoms with Crippen molar-refractivity contribution in [1.29, 1.82) is 0 Å². The second kappa shape index (κ2) is 6.66. The van der Waals surface area contributed by atoms with Gasteiger partial charge in [-0.25, -0.2) is 0 Å². The average molecular weight is 297 g/mol. The van der Waals surface area contributed by atoms with E-state index in [4.69, 9.17) is 0 Å². The maximum atomic E-state index is 11.2. The van der Waals surface area contributed by atoms with Crippen LogP contribution in [0.3, 0.4) is 0 Å². The Morgan fingerprint density at radius 1 is 1.07 bits per heavy atom. The fourth-order valence-electron chi connectivity index (χ4n) is 1.42. The van der Waals surface area contributed by atoms with Crippen LogP contribution in [0.4, 0.5) is 0 Å². The van der Waals surface area contributed by atoms with Crippen LogP contribution >= 0.6 is 0 Å². The summed E-state index contributed by atoms with van der Waals surface area (Å²) in [6.45, 7) is 2.93. The van der Waals surface area contributed by atoms with Gasteiger partial charge in [-0.3, -0.25) is 9.59 Å². The number of carbonyl (C=O) groups is 2. The summed E-state index contributed by atoms with van der Waals surface area (Å²) >= 11 is 0. The molecule has 3 heteroatoms. The van der Waals surface area contributed by atoms with Gasteiger partial charge in [-0.2, -0.15) is 0 Å². The zero-order valence-electron chi connectivity index (χ0n) is 8.80. The molecule has 0 amide bonds. The fourth-order valence-corrected chi connectivity index (χ4v) is 1.42. The van der Waals surface area contributed by atoms with E-state index in [9.17, 15) is 9.59 Å². The van der Waals surface area contributed by atoms with E-state index in [1.165, 1.54) is 13.8 Å². The van der Waals surface area contributed by atoms with Crippen molar-refractivity contribution in [2.75, 3.05) is 0 Å². The van der Waals surface area contributed by atoms with Gasteiger partial charge in [0.25, 0.3) is 0 Å². The predicted molar refractivity (Wildman–Crippen MR) is 55.0 cm³/mol. The zero-order valence-corrected chi connectivity index (χ0v) is 10.4. The molecule has 0 aliphatic carbocycles. The first-order valence-electron chi connectivity index (χ1n) is 4.66. The molecule has 0 N–H and O–H groups in total. The molecule has 1 aromatic carbocycles. The predicted octanol–water partition coefficient (Wildman–Crippen LogP) is 2.02. The van der Waals surface area contributed by atoms with E-state index < -0.39 is 5.92 Å². The van der Waals surface area contributed by atoms with Crippen LogP contribution in [-0.4, -0.2) is 11.6 Å². The first-order valence-corrected chi connectivity index (χ1v) is 4.66. The van der Waals surface area contributed by atoms with Crippen LogP contribution in [0.5, 0.6) is 0 Å². The number of rotatable bonds is 4. The van der Waals surface area contributed by atoms with Crippen molar-refractivity contribution in [2.45, 2.75) is 20.3 Å². The van der Waals surface area contributed by atoms with Crippen molar-refractivity contribution in [3.05, 3.63) is 35.9 Å². The normalized spacial score (nSPS) is 9.53. The van der Waals surface area contributed by atoms with E-state index in [2.05, 4.69) is 0 Å². The van der Waals surface area contributed by atoms with Crippen molar-refractivity contribution in [2.24, 2.45) is 5.92 Å². The second-order valence-corrected chi connectivity index (χ2v) is 3.46. The molecule has 0 atom stereocenters. The Morgan fingerprint density at radius 3 is 1.93 bits per heavy atom. The quantitative estimate of drug-likeness (QED) is 0.629. The van der Waals surface area contributed by atoms with Crippen LogP contribution in [0.1, 0.15) is 19.4 Å². The van der Waals surface area contributed by atoms with Crippen molar-refractivity contribution in [3.63, 3.8) is 0 Å². The van der Waals surface area contributed by atoms with Crippen molar-refractivity contribution >= 4 is 11.6 Å². The van der Waals surface area contributed by atoms with Crippen LogP contribution in [0.15, 0.2) is 30.3 Å². The maximum absolute atomic E-state index is 11.2. The molecule has 1 rings (SSSR count). The minimum absolute atomic E-state index is 0. The maximum Gasteiger partial charge on any atom is 0.140 e. The minimum atomic E-state index is -0.475. The van der Waals surface area contributed by atoms with Crippen molar-refractivity contribution < 1.29 is 30.0 Å². The Kier molecular flexibility index (Phi) is 6.31. The molecule has 0 aliphatic rings. The van der Waals surface area contributed by atoms with Gasteiger partial charge in [0.1, 0.15) is 11.6 Å². The third-order valence-electron chi connectivity index (χ3n) is 2.26. The SMILES string of the molecule is CC(=O)C(Cc1ccccc1)C(C)=O.[Pd]. The zero-order chi connectivity index (χ0) is 10.6. The van der Waals surface area contributed by atoms with Crippen LogP contribution in [-0.2, 0) is 36.4 Å². The van der Waals surface area contributed by atoms with E-state index >= 15 is 0 Å². The second-order valence-electron chi connectivity index (χ2n) is 3.46. The Morgan fingerprint density at radius 2 is 1.53 bits per heavy atom. The summed E-state index contributed by atoms with van der Waals surface area (Å²) in [5.74, 6) is -0.583. The number of ketones is 2. The number of Topliss-reactive ketones (excluding diaryl/α,β-unsaturated/α-hetero) is 2. The molecule has 0 bridgehead atoms. The van der Waals surface area contributed by atoms with E-state index in [1.807, 2.05) is 30.3 Å². The van der Waals surface area contributed by atoms with E-state index in [-0.39, 0.29) is 32.0 Å². The molecule has 0 saturated heterocycles. The van der Waals surface area contributed by atoms with E-state index in [1.54, 1.807) is 0 Å². The Balaban J connectivity index is 0.00000196. The van der Waals surface area contributed by atoms with Gasteiger partial charge < -0.3 is 0 Å². The number of hydrogen-bond acceptors (Lipinski definition) is 2. The number of benzene rings is 1. The fraction of sp³-hybridized carbons (Fsp3) is 0.333. The molecule has 0 saturated carbocycles. The third-order valence-corrected chi connectivity index (χ3v) is 2.26. The minimum Gasteiger partial charge on any atom is -0.299 e. The van der Waals surface area contributed by atoms with Gasteiger partial charge in [-0.05, 0) is 25.8 Å². The average Bonchev–Trinajstić information content (AvgIpc) is 2.15. The standard InChI is InChI=1S/C12H14O2.Pd/c1-9(13)12(10(2)14)8-11-6-4-3-5-7-11;/h3-7,12H,8H2,1-2H3;.